The van der Waals surface area contributed by atoms with Gasteiger partial charge in [-0.15, -0.1) is 0 Å². The van der Waals surface area contributed by atoms with Crippen LogP contribution in [-0.2, 0) is 26.2 Å². The van der Waals surface area contributed by atoms with Crippen LogP contribution in [0.5, 0.6) is 11.5 Å². The number of hydrogen-bond acceptors (Lipinski definition) is 6. The topological polar surface area (TPSA) is 105 Å². The van der Waals surface area contributed by atoms with Crippen LogP contribution in [0.2, 0.25) is 0 Å². The molecule has 11 heteroatoms. The van der Waals surface area contributed by atoms with Crippen molar-refractivity contribution in [2.24, 2.45) is 0 Å². The zero-order valence-corrected chi connectivity index (χ0v) is 26.5. The lowest BCUT2D eigenvalue weighted by atomic mass is 9.95. The molecule has 43 heavy (non-hydrogen) atoms. The van der Waals surface area contributed by atoms with Crippen molar-refractivity contribution in [2.45, 2.75) is 62.6 Å². The van der Waals surface area contributed by atoms with Crippen LogP contribution in [0.15, 0.2) is 82.2 Å². The van der Waals surface area contributed by atoms with Crippen LogP contribution in [0.1, 0.15) is 44.6 Å². The molecule has 3 aromatic rings. The van der Waals surface area contributed by atoms with Crippen LogP contribution in [0.3, 0.4) is 0 Å². The van der Waals surface area contributed by atoms with E-state index in [2.05, 4.69) is 21.2 Å². The number of halogens is 1. The Morgan fingerprint density at radius 1 is 0.930 bits per heavy atom. The van der Waals surface area contributed by atoms with Gasteiger partial charge in [-0.05, 0) is 61.7 Å². The van der Waals surface area contributed by atoms with Crippen molar-refractivity contribution in [1.82, 2.24) is 10.2 Å². The van der Waals surface area contributed by atoms with Gasteiger partial charge in [0.25, 0.3) is 10.0 Å². The third kappa shape index (κ3) is 7.51. The Labute approximate surface area is 261 Å². The number of nitrogens with one attached hydrogen (secondary N) is 1. The van der Waals surface area contributed by atoms with Gasteiger partial charge in [-0.1, -0.05) is 65.5 Å². The number of nitrogens with zero attached hydrogens (tertiary/aromatic N) is 2. The Morgan fingerprint density at radius 2 is 1.60 bits per heavy atom. The van der Waals surface area contributed by atoms with Crippen molar-refractivity contribution in [1.29, 1.82) is 0 Å². The van der Waals surface area contributed by atoms with Gasteiger partial charge in [0.05, 0.1) is 10.6 Å². The average Bonchev–Trinajstić information content (AvgIpc) is 3.03. The van der Waals surface area contributed by atoms with Crippen LogP contribution in [0.25, 0.3) is 0 Å². The van der Waals surface area contributed by atoms with E-state index in [-0.39, 0.29) is 29.1 Å². The minimum absolute atomic E-state index is 0.0419. The molecule has 2 aliphatic rings. The molecule has 1 saturated carbocycles. The standard InChI is InChI=1S/C32H36BrN3O6S/c1-23(32(38)34-26-8-4-2-5-9-26)35(21-24-12-14-25(33)15-13-24)31(37)22-36(43(39,40)28-10-6-3-7-11-28)27-16-17-29-30(20-27)42-19-18-41-29/h3,6-7,10-17,20,23,26H,2,4-5,8-9,18-19,21-22H2,1H3,(H,34,38)/t23-/m0/s1. The second-order valence-electron chi connectivity index (χ2n) is 10.8. The Hall–Kier alpha value is -3.57. The maximum absolute atomic E-state index is 14.2. The van der Waals surface area contributed by atoms with Gasteiger partial charge in [0.15, 0.2) is 11.5 Å². The zero-order chi connectivity index (χ0) is 30.4. The van der Waals surface area contributed by atoms with Crippen molar-refractivity contribution in [2.75, 3.05) is 24.1 Å². The second kappa shape index (κ2) is 13.8. The number of carbonyl (C=O) groups is 2. The number of sulfonamides is 1. The molecule has 0 unspecified atom stereocenters. The number of ether oxygens (including phenoxy) is 2. The number of rotatable bonds is 10. The van der Waals surface area contributed by atoms with E-state index in [9.17, 15) is 18.0 Å². The molecular weight excluding hydrogens is 634 g/mol. The van der Waals surface area contributed by atoms with Gasteiger partial charge in [-0.3, -0.25) is 13.9 Å². The van der Waals surface area contributed by atoms with E-state index in [1.165, 1.54) is 17.0 Å². The fourth-order valence-corrected chi connectivity index (χ4v) is 7.06. The molecule has 0 aromatic heterocycles. The van der Waals surface area contributed by atoms with E-state index in [1.54, 1.807) is 43.3 Å². The lowest BCUT2D eigenvalue weighted by Crippen LogP contribution is -2.53. The molecule has 1 heterocycles. The van der Waals surface area contributed by atoms with E-state index < -0.39 is 28.5 Å². The second-order valence-corrected chi connectivity index (χ2v) is 13.6. The first-order valence-electron chi connectivity index (χ1n) is 14.5. The maximum atomic E-state index is 14.2. The number of hydrogen-bond donors (Lipinski definition) is 1. The molecule has 5 rings (SSSR count). The summed E-state index contributed by atoms with van der Waals surface area (Å²) in [5, 5.41) is 3.12. The molecule has 228 valence electrons. The molecule has 9 nitrogen and oxygen atoms in total. The van der Waals surface area contributed by atoms with Gasteiger partial charge < -0.3 is 19.7 Å². The third-order valence-electron chi connectivity index (χ3n) is 7.81. The summed E-state index contributed by atoms with van der Waals surface area (Å²) in [6.45, 7) is 2.02. The molecule has 2 amide bonds. The van der Waals surface area contributed by atoms with E-state index in [1.807, 2.05) is 24.3 Å². The largest absolute Gasteiger partial charge is 0.486 e. The number of anilines is 1. The number of amides is 2. The van der Waals surface area contributed by atoms with Crippen LogP contribution in [0.4, 0.5) is 5.69 Å². The third-order valence-corrected chi connectivity index (χ3v) is 10.1. The molecule has 3 aromatic carbocycles. The van der Waals surface area contributed by atoms with Gasteiger partial charge in [-0.2, -0.15) is 0 Å². The summed E-state index contributed by atoms with van der Waals surface area (Å²) < 4.78 is 41.3. The first-order chi connectivity index (χ1) is 20.7. The smallest absolute Gasteiger partial charge is 0.264 e. The highest BCUT2D eigenvalue weighted by atomic mass is 79.9. The van der Waals surface area contributed by atoms with Crippen LogP contribution < -0.4 is 19.1 Å². The molecule has 1 atom stereocenters. The highest BCUT2D eigenvalue weighted by molar-refractivity contribution is 9.10. The molecule has 0 radical (unpaired) electrons. The molecule has 1 N–H and O–H groups in total. The van der Waals surface area contributed by atoms with Crippen molar-refractivity contribution >= 4 is 43.5 Å². The van der Waals surface area contributed by atoms with Crippen molar-refractivity contribution in [3.05, 3.63) is 82.8 Å². The van der Waals surface area contributed by atoms with Crippen molar-refractivity contribution < 1.29 is 27.5 Å². The van der Waals surface area contributed by atoms with Gasteiger partial charge in [0, 0.05) is 23.1 Å². The summed E-state index contributed by atoms with van der Waals surface area (Å²) in [6, 6.07) is 19.5. The molecule has 1 aliphatic heterocycles. The van der Waals surface area contributed by atoms with Gasteiger partial charge in [-0.25, -0.2) is 8.42 Å². The van der Waals surface area contributed by atoms with Crippen molar-refractivity contribution in [3.8, 4) is 11.5 Å². The minimum Gasteiger partial charge on any atom is -0.486 e. The number of carbonyl (C=O) groups excluding carboxylic acids is 2. The summed E-state index contributed by atoms with van der Waals surface area (Å²) >= 11 is 3.44. The quantitative estimate of drug-likeness (QED) is 0.315. The number of benzene rings is 3. The molecular formula is C32H36BrN3O6S. The SMILES string of the molecule is C[C@@H](C(=O)NC1CCCCC1)N(Cc1ccc(Br)cc1)C(=O)CN(c1ccc2c(c1)OCCO2)S(=O)(=O)c1ccccc1. The lowest BCUT2D eigenvalue weighted by molar-refractivity contribution is -0.139. The molecule has 1 fully saturated rings. The van der Waals surface area contributed by atoms with E-state index in [4.69, 9.17) is 9.47 Å². The monoisotopic (exact) mass is 669 g/mol. The molecule has 0 bridgehead atoms. The number of fused-ring (bicyclic) bond motifs is 1. The minimum atomic E-state index is -4.17. The van der Waals surface area contributed by atoms with Crippen LogP contribution in [0, 0.1) is 0 Å². The van der Waals surface area contributed by atoms with Gasteiger partial charge >= 0.3 is 0 Å². The first-order valence-corrected chi connectivity index (χ1v) is 16.8. The van der Waals surface area contributed by atoms with Crippen LogP contribution in [-0.4, -0.2) is 57.0 Å². The van der Waals surface area contributed by atoms with Crippen molar-refractivity contribution in [3.63, 3.8) is 0 Å². The summed E-state index contributed by atoms with van der Waals surface area (Å²) in [6.07, 6.45) is 5.09. The van der Waals surface area contributed by atoms with Gasteiger partial charge in [0.1, 0.15) is 25.8 Å². The average molecular weight is 671 g/mol. The van der Waals surface area contributed by atoms with E-state index in [0.717, 1.165) is 46.4 Å². The first kappa shape index (κ1) is 30.9. The summed E-state index contributed by atoms with van der Waals surface area (Å²) in [7, 11) is -4.17. The predicted octanol–water partition coefficient (Wildman–Crippen LogP) is 5.28. The summed E-state index contributed by atoms with van der Waals surface area (Å²) in [5.74, 6) is 0.137. The molecule has 0 saturated heterocycles. The Balaban J connectivity index is 1.47. The molecule has 1 aliphatic carbocycles. The summed E-state index contributed by atoms with van der Waals surface area (Å²) in [5.41, 5.74) is 1.06. The fraction of sp³-hybridized carbons (Fsp3) is 0.375. The summed E-state index contributed by atoms with van der Waals surface area (Å²) in [4.78, 5) is 29.1. The Kier molecular flexibility index (Phi) is 9.92. The highest BCUT2D eigenvalue weighted by Gasteiger charge is 2.33. The van der Waals surface area contributed by atoms with E-state index >= 15 is 0 Å². The predicted molar refractivity (Wildman–Crippen MR) is 168 cm³/mol. The normalized spacial score (nSPS) is 15.8. The molecule has 0 spiro atoms. The lowest BCUT2D eigenvalue weighted by Gasteiger charge is -2.33. The highest BCUT2D eigenvalue weighted by Crippen LogP contribution is 2.36. The fourth-order valence-electron chi connectivity index (χ4n) is 5.37. The zero-order valence-electron chi connectivity index (χ0n) is 24.1. The Morgan fingerprint density at radius 3 is 2.30 bits per heavy atom. The van der Waals surface area contributed by atoms with Crippen LogP contribution >= 0.6 is 15.9 Å². The van der Waals surface area contributed by atoms with Gasteiger partial charge in [0.2, 0.25) is 11.8 Å². The Bertz CT molecular complexity index is 1530. The maximum Gasteiger partial charge on any atom is 0.264 e. The van der Waals surface area contributed by atoms with E-state index in [0.29, 0.717) is 24.7 Å².